The maximum absolute atomic E-state index is 10.8. The second-order valence-electron chi connectivity index (χ2n) is 5.29. The van der Waals surface area contributed by atoms with Crippen molar-refractivity contribution in [1.29, 1.82) is 0 Å². The van der Waals surface area contributed by atoms with E-state index >= 15 is 0 Å². The van der Waals surface area contributed by atoms with Gasteiger partial charge >= 0.3 is 7.60 Å². The molecule has 0 bridgehead atoms. The average molecular weight is 361 g/mol. The summed E-state index contributed by atoms with van der Waals surface area (Å²) in [5.74, 6) is 0.160. The van der Waals surface area contributed by atoms with Gasteiger partial charge in [-0.2, -0.15) is 0 Å². The van der Waals surface area contributed by atoms with Gasteiger partial charge < -0.3 is 35.2 Å². The summed E-state index contributed by atoms with van der Waals surface area (Å²) < 4.78 is 22.5. The van der Waals surface area contributed by atoms with Crippen LogP contribution in [-0.4, -0.2) is 70.8 Å². The molecule has 13 heteroatoms. The predicted octanol–water partition coefficient (Wildman–Crippen LogP) is -1.82. The van der Waals surface area contributed by atoms with Gasteiger partial charge in [-0.15, -0.1) is 0 Å². The molecule has 0 unspecified atom stereocenters. The van der Waals surface area contributed by atoms with Gasteiger partial charge in [0, 0.05) is 0 Å². The molecule has 6 N–H and O–H groups in total. The van der Waals surface area contributed by atoms with Crippen LogP contribution in [0, 0.1) is 0 Å². The Hall–Kier alpha value is -1.66. The highest BCUT2D eigenvalue weighted by atomic mass is 31.2. The third-order valence-electron chi connectivity index (χ3n) is 3.54. The summed E-state index contributed by atoms with van der Waals surface area (Å²) in [4.78, 5) is 29.4. The van der Waals surface area contributed by atoms with E-state index in [9.17, 15) is 14.8 Å². The lowest BCUT2D eigenvalue weighted by Gasteiger charge is -2.16. The molecule has 0 radical (unpaired) electrons. The Morgan fingerprint density at radius 1 is 1.29 bits per heavy atom. The summed E-state index contributed by atoms with van der Waals surface area (Å²) in [6.07, 6.45) is -2.86. The second-order valence-corrected chi connectivity index (χ2v) is 6.88. The zero-order valence-corrected chi connectivity index (χ0v) is 13.1. The molecule has 0 spiro atoms. The summed E-state index contributed by atoms with van der Waals surface area (Å²) in [5.41, 5.74) is 6.33. The first-order valence-corrected chi connectivity index (χ1v) is 8.64. The smallest absolute Gasteiger partial charge is 0.350 e. The highest BCUT2D eigenvalue weighted by Gasteiger charge is 2.44. The molecule has 0 amide bonds. The van der Waals surface area contributed by atoms with Gasteiger partial charge in [0.15, 0.2) is 17.7 Å². The highest BCUT2D eigenvalue weighted by Crippen LogP contribution is 2.35. The van der Waals surface area contributed by atoms with Crippen LogP contribution in [-0.2, 0) is 14.0 Å². The molecule has 132 valence electrons. The number of fused-ring (bicyclic) bond motifs is 1. The van der Waals surface area contributed by atoms with E-state index in [2.05, 4.69) is 15.0 Å². The van der Waals surface area contributed by atoms with Crippen molar-refractivity contribution in [3.8, 4) is 0 Å². The van der Waals surface area contributed by atoms with E-state index < -0.39 is 38.5 Å². The molecule has 2 aromatic heterocycles. The minimum Gasteiger partial charge on any atom is -0.387 e. The molecule has 24 heavy (non-hydrogen) atoms. The van der Waals surface area contributed by atoms with Crippen molar-refractivity contribution < 1.29 is 34.0 Å². The Labute approximate surface area is 135 Å². The number of aromatic nitrogens is 4. The first-order chi connectivity index (χ1) is 11.3. The number of hydrogen-bond acceptors (Lipinski definition) is 9. The molecular weight excluding hydrogens is 345 g/mol. The van der Waals surface area contributed by atoms with Crippen LogP contribution >= 0.6 is 7.60 Å². The largest absolute Gasteiger partial charge is 0.387 e. The monoisotopic (exact) mass is 361 g/mol. The average Bonchev–Trinajstić information content (AvgIpc) is 3.03. The third-order valence-corrected chi connectivity index (χ3v) is 4.06. The van der Waals surface area contributed by atoms with Gasteiger partial charge in [0.05, 0.1) is 12.9 Å². The van der Waals surface area contributed by atoms with Gasteiger partial charge in [0.1, 0.15) is 36.5 Å². The minimum absolute atomic E-state index is 0.160. The number of nitrogen functional groups attached to an aromatic ring is 1. The van der Waals surface area contributed by atoms with Crippen LogP contribution in [0.5, 0.6) is 0 Å². The van der Waals surface area contributed by atoms with Gasteiger partial charge in [-0.25, -0.2) is 15.0 Å². The molecule has 1 fully saturated rings. The normalized spacial score (nSPS) is 27.8. The fourth-order valence-electron chi connectivity index (χ4n) is 2.44. The molecule has 12 nitrogen and oxygen atoms in total. The van der Waals surface area contributed by atoms with Crippen LogP contribution in [0.3, 0.4) is 0 Å². The number of nitrogens with two attached hydrogens (primary N) is 1. The first-order valence-electron chi connectivity index (χ1n) is 6.85. The third kappa shape index (κ3) is 3.26. The van der Waals surface area contributed by atoms with Crippen molar-refractivity contribution in [2.75, 3.05) is 18.7 Å². The van der Waals surface area contributed by atoms with Crippen LogP contribution < -0.4 is 5.73 Å². The number of aliphatic hydroxyl groups is 2. The molecule has 1 saturated heterocycles. The Morgan fingerprint density at radius 2 is 2.04 bits per heavy atom. The molecule has 3 heterocycles. The lowest BCUT2D eigenvalue weighted by atomic mass is 10.1. The molecule has 1 aliphatic heterocycles. The number of aliphatic hydroxyl groups excluding tert-OH is 2. The fourth-order valence-corrected chi connectivity index (χ4v) is 2.78. The SMILES string of the molecule is Nc1ncnc2c1ncn2[C@@H]1O[C@H](COCP(=O)(O)O)[C@@H](O)[C@H]1O. The lowest BCUT2D eigenvalue weighted by Crippen LogP contribution is -2.33. The molecule has 4 atom stereocenters. The number of hydrogen-bond donors (Lipinski definition) is 5. The first kappa shape index (κ1) is 17.2. The van der Waals surface area contributed by atoms with Crippen LogP contribution in [0.15, 0.2) is 12.7 Å². The summed E-state index contributed by atoms with van der Waals surface area (Å²) in [7, 11) is -4.33. The van der Waals surface area contributed by atoms with E-state index in [-0.39, 0.29) is 12.4 Å². The molecule has 1 aliphatic rings. The van der Waals surface area contributed by atoms with Crippen LogP contribution in [0.2, 0.25) is 0 Å². The molecule has 2 aromatic rings. The lowest BCUT2D eigenvalue weighted by molar-refractivity contribution is -0.0612. The number of imidazole rings is 1. The van der Waals surface area contributed by atoms with Crippen molar-refractivity contribution in [3.05, 3.63) is 12.7 Å². The summed E-state index contributed by atoms with van der Waals surface area (Å²) in [5, 5.41) is 20.2. The van der Waals surface area contributed by atoms with Crippen molar-refractivity contribution in [2.45, 2.75) is 24.5 Å². The Bertz CT molecular complexity index is 779. The quantitative estimate of drug-likeness (QED) is 0.377. The minimum atomic E-state index is -4.33. The van der Waals surface area contributed by atoms with Crippen molar-refractivity contribution in [2.24, 2.45) is 0 Å². The zero-order chi connectivity index (χ0) is 17.5. The van der Waals surface area contributed by atoms with E-state index in [1.54, 1.807) is 0 Å². The van der Waals surface area contributed by atoms with Gasteiger partial charge in [0.2, 0.25) is 0 Å². The van der Waals surface area contributed by atoms with E-state index in [0.717, 1.165) is 0 Å². The molecule has 0 aliphatic carbocycles. The topological polar surface area (TPSA) is 186 Å². The number of nitrogens with zero attached hydrogens (tertiary/aromatic N) is 4. The molecule has 0 aromatic carbocycles. The number of ether oxygens (including phenoxy) is 2. The zero-order valence-electron chi connectivity index (χ0n) is 12.2. The van der Waals surface area contributed by atoms with Crippen molar-refractivity contribution in [1.82, 2.24) is 19.5 Å². The number of anilines is 1. The van der Waals surface area contributed by atoms with Crippen molar-refractivity contribution in [3.63, 3.8) is 0 Å². The molecular formula is C11H16N5O7P. The fraction of sp³-hybridized carbons (Fsp3) is 0.545. The van der Waals surface area contributed by atoms with Gasteiger partial charge in [-0.05, 0) is 0 Å². The Kier molecular flexibility index (Phi) is 4.53. The number of rotatable bonds is 5. The summed E-state index contributed by atoms with van der Waals surface area (Å²) in [6.45, 7) is -0.302. The molecule has 3 rings (SSSR count). The van der Waals surface area contributed by atoms with Gasteiger partial charge in [0.25, 0.3) is 0 Å². The maximum Gasteiger partial charge on any atom is 0.350 e. The summed E-state index contributed by atoms with van der Waals surface area (Å²) in [6, 6.07) is 0. The Balaban J connectivity index is 1.77. The molecule has 0 saturated carbocycles. The van der Waals surface area contributed by atoms with Crippen LogP contribution in [0.1, 0.15) is 6.23 Å². The van der Waals surface area contributed by atoms with E-state index in [4.69, 9.17) is 25.0 Å². The van der Waals surface area contributed by atoms with Crippen molar-refractivity contribution >= 4 is 24.6 Å². The summed E-state index contributed by atoms with van der Waals surface area (Å²) >= 11 is 0. The van der Waals surface area contributed by atoms with Crippen LogP contribution in [0.4, 0.5) is 5.82 Å². The van der Waals surface area contributed by atoms with E-state index in [0.29, 0.717) is 11.2 Å². The van der Waals surface area contributed by atoms with Gasteiger partial charge in [-0.1, -0.05) is 0 Å². The Morgan fingerprint density at radius 3 is 2.75 bits per heavy atom. The van der Waals surface area contributed by atoms with E-state index in [1.807, 2.05) is 0 Å². The standard InChI is InChI=1S/C11H16N5O7P/c12-9-6-10(14-2-13-9)16(3-15-6)11-8(18)7(17)5(23-11)1-22-4-24(19,20)21/h2-3,5,7-8,11,17-18H,1,4H2,(H2,12,13,14)(H2,19,20,21)/t5-,7-,8-,11-/m1/s1. The van der Waals surface area contributed by atoms with Crippen LogP contribution in [0.25, 0.3) is 11.2 Å². The van der Waals surface area contributed by atoms with E-state index in [1.165, 1.54) is 17.2 Å². The highest BCUT2D eigenvalue weighted by molar-refractivity contribution is 7.51. The van der Waals surface area contributed by atoms with Gasteiger partial charge in [-0.3, -0.25) is 9.13 Å². The predicted molar refractivity (Wildman–Crippen MR) is 78.5 cm³/mol. The maximum atomic E-state index is 10.8. The second kappa shape index (κ2) is 6.33.